The van der Waals surface area contributed by atoms with Crippen LogP contribution in [0.2, 0.25) is 0 Å². The van der Waals surface area contributed by atoms with E-state index >= 15 is 0 Å². The van der Waals surface area contributed by atoms with Crippen LogP contribution in [0.4, 0.5) is 5.13 Å². The molecule has 2 rings (SSSR count). The number of hydrogen-bond donors (Lipinski definition) is 2. The SMILES string of the molecule is CCCCc1nnc(NC(=O)c2cc(Br)ccc2O)s1. The summed E-state index contributed by atoms with van der Waals surface area (Å²) in [6.07, 6.45) is 3.01. The zero-order valence-electron chi connectivity index (χ0n) is 10.9. The van der Waals surface area contributed by atoms with Crippen LogP contribution < -0.4 is 5.32 Å². The topological polar surface area (TPSA) is 75.1 Å². The summed E-state index contributed by atoms with van der Waals surface area (Å²) in [6.45, 7) is 2.11. The fourth-order valence-corrected chi connectivity index (χ4v) is 2.73. The molecule has 0 saturated carbocycles. The molecular formula is C13H14BrN3O2S. The monoisotopic (exact) mass is 355 g/mol. The van der Waals surface area contributed by atoms with Crippen LogP contribution in [0.15, 0.2) is 22.7 Å². The maximum atomic E-state index is 12.1. The van der Waals surface area contributed by atoms with Crippen LogP contribution in [0.25, 0.3) is 0 Å². The van der Waals surface area contributed by atoms with Crippen LogP contribution in [-0.4, -0.2) is 21.2 Å². The van der Waals surface area contributed by atoms with E-state index in [0.717, 1.165) is 28.7 Å². The lowest BCUT2D eigenvalue weighted by molar-refractivity contribution is 0.102. The number of aromatic hydroxyl groups is 1. The zero-order valence-corrected chi connectivity index (χ0v) is 13.3. The number of nitrogens with one attached hydrogen (secondary N) is 1. The van der Waals surface area contributed by atoms with Gasteiger partial charge in [-0.2, -0.15) is 0 Å². The van der Waals surface area contributed by atoms with Gasteiger partial charge in [0.1, 0.15) is 10.8 Å². The highest BCUT2D eigenvalue weighted by Crippen LogP contribution is 2.24. The van der Waals surface area contributed by atoms with Gasteiger partial charge in [-0.1, -0.05) is 40.6 Å². The van der Waals surface area contributed by atoms with E-state index in [1.807, 2.05) is 0 Å². The highest BCUT2D eigenvalue weighted by atomic mass is 79.9. The number of phenols is 1. The summed E-state index contributed by atoms with van der Waals surface area (Å²) >= 11 is 4.62. The molecule has 0 unspecified atom stereocenters. The van der Waals surface area contributed by atoms with Gasteiger partial charge in [-0.05, 0) is 24.6 Å². The third-order valence-electron chi connectivity index (χ3n) is 2.63. The molecule has 7 heteroatoms. The number of amides is 1. The van der Waals surface area contributed by atoms with Gasteiger partial charge < -0.3 is 5.11 Å². The standard InChI is InChI=1S/C13H14BrN3O2S/c1-2-3-4-11-16-17-13(20-11)15-12(19)9-7-8(14)5-6-10(9)18/h5-7,18H,2-4H2,1H3,(H,15,17,19). The number of halogens is 1. The second-order valence-corrected chi connectivity index (χ2v) is 6.20. The average molecular weight is 356 g/mol. The third kappa shape index (κ3) is 3.77. The van der Waals surface area contributed by atoms with E-state index in [4.69, 9.17) is 0 Å². The molecule has 0 aliphatic rings. The first-order valence-electron chi connectivity index (χ1n) is 6.22. The molecule has 0 radical (unpaired) electrons. The molecule has 2 N–H and O–H groups in total. The Morgan fingerprint density at radius 3 is 3.00 bits per heavy atom. The van der Waals surface area contributed by atoms with Crippen LogP contribution in [0, 0.1) is 0 Å². The number of nitrogens with zero attached hydrogens (tertiary/aromatic N) is 2. The largest absolute Gasteiger partial charge is 0.507 e. The van der Waals surface area contributed by atoms with Gasteiger partial charge in [-0.15, -0.1) is 10.2 Å². The summed E-state index contributed by atoms with van der Waals surface area (Å²) in [4.78, 5) is 12.1. The molecule has 0 aliphatic heterocycles. The van der Waals surface area contributed by atoms with Crippen molar-refractivity contribution in [3.63, 3.8) is 0 Å². The third-order valence-corrected chi connectivity index (χ3v) is 4.03. The van der Waals surface area contributed by atoms with Crippen molar-refractivity contribution in [1.82, 2.24) is 10.2 Å². The normalized spacial score (nSPS) is 10.5. The number of phenolic OH excluding ortho intramolecular Hbond substituents is 1. The van der Waals surface area contributed by atoms with Gasteiger partial charge in [-0.3, -0.25) is 10.1 Å². The number of unbranched alkanes of at least 4 members (excludes halogenated alkanes) is 1. The first kappa shape index (κ1) is 14.9. The Morgan fingerprint density at radius 1 is 1.45 bits per heavy atom. The lowest BCUT2D eigenvalue weighted by Gasteiger charge is -2.04. The minimum absolute atomic E-state index is 0.0681. The first-order chi connectivity index (χ1) is 9.60. The van der Waals surface area contributed by atoms with Crippen LogP contribution in [0.5, 0.6) is 5.75 Å². The highest BCUT2D eigenvalue weighted by Gasteiger charge is 2.14. The van der Waals surface area contributed by atoms with Crippen molar-refractivity contribution in [2.45, 2.75) is 26.2 Å². The Hall–Kier alpha value is -1.47. The van der Waals surface area contributed by atoms with Crippen molar-refractivity contribution >= 4 is 38.3 Å². The van der Waals surface area contributed by atoms with Crippen LogP contribution in [0.1, 0.15) is 35.1 Å². The molecule has 0 aliphatic carbocycles. The van der Waals surface area contributed by atoms with Gasteiger partial charge >= 0.3 is 0 Å². The number of benzene rings is 1. The minimum atomic E-state index is -0.401. The van der Waals surface area contributed by atoms with E-state index in [1.165, 1.54) is 17.4 Å². The summed E-state index contributed by atoms with van der Waals surface area (Å²) in [5, 5.41) is 21.6. The molecule has 0 saturated heterocycles. The zero-order chi connectivity index (χ0) is 14.5. The lowest BCUT2D eigenvalue weighted by Crippen LogP contribution is -2.11. The molecule has 1 aromatic heterocycles. The molecule has 106 valence electrons. The number of aromatic nitrogens is 2. The molecule has 1 aromatic carbocycles. The van der Waals surface area contributed by atoms with Gasteiger partial charge in [0.15, 0.2) is 0 Å². The fraction of sp³-hybridized carbons (Fsp3) is 0.308. The number of aryl methyl sites for hydroxylation is 1. The molecule has 0 fully saturated rings. The van der Waals surface area contributed by atoms with Crippen molar-refractivity contribution in [3.8, 4) is 5.75 Å². The molecule has 0 bridgehead atoms. The van der Waals surface area contributed by atoms with E-state index in [-0.39, 0.29) is 11.3 Å². The van der Waals surface area contributed by atoms with Crippen LogP contribution >= 0.6 is 27.3 Å². The minimum Gasteiger partial charge on any atom is -0.507 e. The van der Waals surface area contributed by atoms with E-state index in [0.29, 0.717) is 5.13 Å². The number of rotatable bonds is 5. The fourth-order valence-electron chi connectivity index (χ4n) is 1.59. The highest BCUT2D eigenvalue weighted by molar-refractivity contribution is 9.10. The summed E-state index contributed by atoms with van der Waals surface area (Å²) in [7, 11) is 0. The number of carbonyl (C=O) groups is 1. The van der Waals surface area contributed by atoms with Gasteiger partial charge in [0, 0.05) is 10.9 Å². The van der Waals surface area contributed by atoms with Gasteiger partial charge in [0.2, 0.25) is 5.13 Å². The Bertz CT molecular complexity index is 615. The summed E-state index contributed by atoms with van der Waals surface area (Å²) in [5.41, 5.74) is 0.199. The smallest absolute Gasteiger partial charge is 0.261 e. The molecule has 1 heterocycles. The Kier molecular flexibility index (Phi) is 5.08. The number of carbonyl (C=O) groups excluding carboxylic acids is 1. The van der Waals surface area contributed by atoms with E-state index in [2.05, 4.69) is 38.4 Å². The van der Waals surface area contributed by atoms with Crippen molar-refractivity contribution < 1.29 is 9.90 Å². The Labute approximate surface area is 129 Å². The van der Waals surface area contributed by atoms with Crippen LogP contribution in [-0.2, 0) is 6.42 Å². The van der Waals surface area contributed by atoms with Crippen LogP contribution in [0.3, 0.4) is 0 Å². The lowest BCUT2D eigenvalue weighted by atomic mass is 10.2. The van der Waals surface area contributed by atoms with Crippen molar-refractivity contribution in [1.29, 1.82) is 0 Å². The molecular weight excluding hydrogens is 342 g/mol. The summed E-state index contributed by atoms with van der Waals surface area (Å²) in [5.74, 6) is -0.469. The predicted octanol–water partition coefficient (Wildman–Crippen LogP) is 3.60. The average Bonchev–Trinajstić information content (AvgIpc) is 2.86. The van der Waals surface area contributed by atoms with Gasteiger partial charge in [0.25, 0.3) is 5.91 Å². The van der Waals surface area contributed by atoms with Crippen molar-refractivity contribution in [3.05, 3.63) is 33.2 Å². The summed E-state index contributed by atoms with van der Waals surface area (Å²) in [6, 6.07) is 4.69. The second kappa shape index (κ2) is 6.81. The van der Waals surface area contributed by atoms with E-state index in [1.54, 1.807) is 12.1 Å². The first-order valence-corrected chi connectivity index (χ1v) is 7.83. The Morgan fingerprint density at radius 2 is 2.25 bits per heavy atom. The molecule has 20 heavy (non-hydrogen) atoms. The number of anilines is 1. The molecule has 5 nitrogen and oxygen atoms in total. The van der Waals surface area contributed by atoms with Gasteiger partial charge in [0.05, 0.1) is 5.56 Å². The Balaban J connectivity index is 2.07. The number of hydrogen-bond acceptors (Lipinski definition) is 5. The quantitative estimate of drug-likeness (QED) is 0.858. The van der Waals surface area contributed by atoms with E-state index < -0.39 is 5.91 Å². The molecule has 0 spiro atoms. The summed E-state index contributed by atoms with van der Waals surface area (Å²) < 4.78 is 0.723. The molecule has 1 amide bonds. The van der Waals surface area contributed by atoms with Gasteiger partial charge in [-0.25, -0.2) is 0 Å². The second-order valence-electron chi connectivity index (χ2n) is 4.22. The predicted molar refractivity (Wildman–Crippen MR) is 82.3 cm³/mol. The van der Waals surface area contributed by atoms with Crippen molar-refractivity contribution in [2.75, 3.05) is 5.32 Å². The maximum absolute atomic E-state index is 12.1. The van der Waals surface area contributed by atoms with Crippen molar-refractivity contribution in [2.24, 2.45) is 0 Å². The molecule has 0 atom stereocenters. The molecule has 2 aromatic rings. The maximum Gasteiger partial charge on any atom is 0.261 e. The van der Waals surface area contributed by atoms with E-state index in [9.17, 15) is 9.90 Å².